The van der Waals surface area contributed by atoms with Crippen molar-refractivity contribution in [2.24, 2.45) is 5.92 Å². The molecule has 1 aromatic heterocycles. The number of carbonyl (C=O) groups excluding carboxylic acids is 2. The molecule has 1 aromatic rings. The highest BCUT2D eigenvalue weighted by molar-refractivity contribution is 5.78. The molecule has 2 aliphatic heterocycles. The van der Waals surface area contributed by atoms with Crippen LogP contribution >= 0.6 is 0 Å². The zero-order chi connectivity index (χ0) is 20.4. The fourth-order valence-electron chi connectivity index (χ4n) is 4.85. The second-order valence-electron chi connectivity index (χ2n) is 9.05. The normalized spacial score (nSPS) is 23.3. The van der Waals surface area contributed by atoms with Crippen LogP contribution in [-0.2, 0) is 29.2 Å². The van der Waals surface area contributed by atoms with Gasteiger partial charge in [-0.3, -0.25) is 9.48 Å². The number of ether oxygens (including phenoxy) is 1. The standard InChI is InChI=1S/C21H33N5O3/c1-15(2)19(27)25-8-9-26-18(13-25)10-16(24-26)12-22-20(28)23-17-11-21(29-14-17)6-4-3-5-7-21/h10,15,17H,3-9,11-14H2,1-2H3,(H2,22,23,28)/t17-/m1/s1. The molecule has 8 nitrogen and oxygen atoms in total. The number of urea groups is 1. The molecule has 1 saturated carbocycles. The Labute approximate surface area is 172 Å². The highest BCUT2D eigenvalue weighted by Gasteiger charge is 2.41. The number of rotatable bonds is 4. The molecule has 3 amide bonds. The van der Waals surface area contributed by atoms with Gasteiger partial charge in [-0.1, -0.05) is 33.1 Å². The lowest BCUT2D eigenvalue weighted by Gasteiger charge is -2.32. The van der Waals surface area contributed by atoms with E-state index < -0.39 is 0 Å². The number of nitrogens with zero attached hydrogens (tertiary/aromatic N) is 3. The highest BCUT2D eigenvalue weighted by Crippen LogP contribution is 2.39. The Morgan fingerprint density at radius 3 is 2.83 bits per heavy atom. The first-order valence-corrected chi connectivity index (χ1v) is 11.0. The molecular formula is C21H33N5O3. The molecule has 2 fully saturated rings. The van der Waals surface area contributed by atoms with Gasteiger partial charge in [-0.05, 0) is 25.3 Å². The van der Waals surface area contributed by atoms with Crippen LogP contribution < -0.4 is 10.6 Å². The SMILES string of the molecule is CC(C)C(=O)N1CCn2nc(CNC(=O)N[C@H]3COC4(CCCCC4)C3)cc2C1. The third kappa shape index (κ3) is 4.57. The van der Waals surface area contributed by atoms with Crippen LogP contribution in [0.2, 0.25) is 0 Å². The molecule has 4 rings (SSSR count). The predicted octanol–water partition coefficient (Wildman–Crippen LogP) is 2.17. The molecule has 0 bridgehead atoms. The fourth-order valence-corrected chi connectivity index (χ4v) is 4.85. The van der Waals surface area contributed by atoms with Crippen molar-refractivity contribution in [3.05, 3.63) is 17.5 Å². The van der Waals surface area contributed by atoms with Gasteiger partial charge in [0.1, 0.15) is 0 Å². The Morgan fingerprint density at radius 2 is 2.07 bits per heavy atom. The zero-order valence-corrected chi connectivity index (χ0v) is 17.6. The van der Waals surface area contributed by atoms with Crippen LogP contribution in [0.3, 0.4) is 0 Å². The van der Waals surface area contributed by atoms with Crippen molar-refractivity contribution < 1.29 is 14.3 Å². The van der Waals surface area contributed by atoms with Gasteiger partial charge in [0, 0.05) is 12.5 Å². The van der Waals surface area contributed by atoms with Crippen LogP contribution in [-0.4, -0.2) is 51.4 Å². The van der Waals surface area contributed by atoms with Gasteiger partial charge in [-0.2, -0.15) is 5.10 Å². The van der Waals surface area contributed by atoms with Crippen molar-refractivity contribution in [1.82, 2.24) is 25.3 Å². The Hall–Kier alpha value is -2.09. The largest absolute Gasteiger partial charge is 0.373 e. The van der Waals surface area contributed by atoms with E-state index in [2.05, 4.69) is 15.7 Å². The summed E-state index contributed by atoms with van der Waals surface area (Å²) in [5.41, 5.74) is 1.84. The van der Waals surface area contributed by atoms with Gasteiger partial charge >= 0.3 is 6.03 Å². The van der Waals surface area contributed by atoms with Crippen molar-refractivity contribution in [2.45, 2.75) is 83.6 Å². The van der Waals surface area contributed by atoms with Crippen LogP contribution in [0.4, 0.5) is 4.79 Å². The maximum atomic E-state index is 12.3. The molecule has 2 N–H and O–H groups in total. The molecular weight excluding hydrogens is 370 g/mol. The smallest absolute Gasteiger partial charge is 0.315 e. The van der Waals surface area contributed by atoms with Crippen LogP contribution in [0.1, 0.15) is 63.8 Å². The minimum absolute atomic E-state index is 0.00150. The van der Waals surface area contributed by atoms with E-state index in [9.17, 15) is 9.59 Å². The molecule has 0 radical (unpaired) electrons. The summed E-state index contributed by atoms with van der Waals surface area (Å²) in [5.74, 6) is 0.174. The van der Waals surface area contributed by atoms with E-state index in [0.29, 0.717) is 32.8 Å². The topological polar surface area (TPSA) is 88.5 Å². The van der Waals surface area contributed by atoms with Gasteiger partial charge in [0.15, 0.2) is 0 Å². The number of carbonyl (C=O) groups is 2. The Morgan fingerprint density at radius 1 is 1.28 bits per heavy atom. The second kappa shape index (κ2) is 8.34. The predicted molar refractivity (Wildman–Crippen MR) is 108 cm³/mol. The third-order valence-corrected chi connectivity index (χ3v) is 6.39. The minimum atomic E-state index is -0.172. The average molecular weight is 404 g/mol. The van der Waals surface area contributed by atoms with Gasteiger partial charge in [-0.25, -0.2) is 4.79 Å². The summed E-state index contributed by atoms with van der Waals surface area (Å²) in [7, 11) is 0. The molecule has 160 valence electrons. The van der Waals surface area contributed by atoms with Crippen molar-refractivity contribution >= 4 is 11.9 Å². The molecule has 0 unspecified atom stereocenters. The van der Waals surface area contributed by atoms with E-state index in [1.165, 1.54) is 19.3 Å². The zero-order valence-electron chi connectivity index (χ0n) is 17.6. The van der Waals surface area contributed by atoms with E-state index in [4.69, 9.17) is 4.74 Å². The molecule has 1 saturated heterocycles. The van der Waals surface area contributed by atoms with Crippen molar-refractivity contribution in [3.8, 4) is 0 Å². The summed E-state index contributed by atoms with van der Waals surface area (Å²) in [5, 5.41) is 10.5. The van der Waals surface area contributed by atoms with Crippen molar-refractivity contribution in [3.63, 3.8) is 0 Å². The summed E-state index contributed by atoms with van der Waals surface area (Å²) in [6.07, 6.45) is 6.89. The van der Waals surface area contributed by atoms with Gasteiger partial charge in [0.05, 0.1) is 49.3 Å². The van der Waals surface area contributed by atoms with Gasteiger partial charge in [0.2, 0.25) is 5.91 Å². The first-order chi connectivity index (χ1) is 13.9. The maximum absolute atomic E-state index is 12.3. The fraction of sp³-hybridized carbons (Fsp3) is 0.762. The lowest BCUT2D eigenvalue weighted by atomic mass is 9.82. The van der Waals surface area contributed by atoms with Crippen molar-refractivity contribution in [2.75, 3.05) is 13.2 Å². The molecule has 3 aliphatic rings. The Balaban J connectivity index is 1.25. The second-order valence-corrected chi connectivity index (χ2v) is 9.05. The molecule has 29 heavy (non-hydrogen) atoms. The van der Waals surface area contributed by atoms with Crippen LogP contribution in [0.25, 0.3) is 0 Å². The molecule has 1 atom stereocenters. The van der Waals surface area contributed by atoms with Crippen LogP contribution in [0, 0.1) is 5.92 Å². The quantitative estimate of drug-likeness (QED) is 0.806. The summed E-state index contributed by atoms with van der Waals surface area (Å²) in [6.45, 7) is 6.79. The number of aromatic nitrogens is 2. The number of hydrogen-bond donors (Lipinski definition) is 2. The molecule has 8 heteroatoms. The van der Waals surface area contributed by atoms with Crippen LogP contribution in [0.5, 0.6) is 0 Å². The van der Waals surface area contributed by atoms with Gasteiger partial charge in [-0.15, -0.1) is 0 Å². The number of nitrogens with one attached hydrogen (secondary N) is 2. The lowest BCUT2D eigenvalue weighted by molar-refractivity contribution is -0.136. The van der Waals surface area contributed by atoms with E-state index in [0.717, 1.165) is 30.7 Å². The third-order valence-electron chi connectivity index (χ3n) is 6.39. The molecule has 1 spiro atoms. The lowest BCUT2D eigenvalue weighted by Crippen LogP contribution is -2.43. The number of amides is 3. The van der Waals surface area contributed by atoms with E-state index in [1.54, 1.807) is 0 Å². The van der Waals surface area contributed by atoms with E-state index in [1.807, 2.05) is 29.5 Å². The van der Waals surface area contributed by atoms with E-state index >= 15 is 0 Å². The first-order valence-electron chi connectivity index (χ1n) is 11.0. The molecule has 0 aromatic carbocycles. The minimum Gasteiger partial charge on any atom is -0.373 e. The first kappa shape index (κ1) is 20.2. The highest BCUT2D eigenvalue weighted by atomic mass is 16.5. The average Bonchev–Trinajstić information content (AvgIpc) is 3.29. The molecule has 1 aliphatic carbocycles. The Bertz CT molecular complexity index is 753. The van der Waals surface area contributed by atoms with E-state index in [-0.39, 0.29) is 29.5 Å². The summed E-state index contributed by atoms with van der Waals surface area (Å²) in [6, 6.07) is 1.89. The van der Waals surface area contributed by atoms with Crippen molar-refractivity contribution in [1.29, 1.82) is 0 Å². The Kier molecular flexibility index (Phi) is 5.81. The summed E-state index contributed by atoms with van der Waals surface area (Å²) in [4.78, 5) is 26.4. The molecule has 3 heterocycles. The monoisotopic (exact) mass is 403 g/mol. The maximum Gasteiger partial charge on any atom is 0.315 e. The van der Waals surface area contributed by atoms with Gasteiger partial charge in [0.25, 0.3) is 0 Å². The number of fused-ring (bicyclic) bond motifs is 1. The van der Waals surface area contributed by atoms with Gasteiger partial charge < -0.3 is 20.3 Å². The van der Waals surface area contributed by atoms with Crippen LogP contribution in [0.15, 0.2) is 6.07 Å². The summed E-state index contributed by atoms with van der Waals surface area (Å²) >= 11 is 0. The number of hydrogen-bond acceptors (Lipinski definition) is 4. The summed E-state index contributed by atoms with van der Waals surface area (Å²) < 4.78 is 8.01.